The molecule has 0 N–H and O–H groups in total. The average Bonchev–Trinajstić information content (AvgIpc) is 2.31. The maximum absolute atomic E-state index is 13.6. The predicted octanol–water partition coefficient (Wildman–Crippen LogP) is 3.87. The Kier molecular flexibility index (Phi) is 4.74. The van der Waals surface area contributed by atoms with Crippen LogP contribution in [-0.4, -0.2) is 17.9 Å². The van der Waals surface area contributed by atoms with E-state index in [-0.39, 0.29) is 18.3 Å². The Morgan fingerprint density at radius 3 is 2.56 bits per heavy atom. The second kappa shape index (κ2) is 5.70. The Hall–Kier alpha value is -1.09. The number of rotatable bonds is 4. The zero-order valence-electron chi connectivity index (χ0n) is 11.3. The molecule has 2 nitrogen and oxygen atoms in total. The van der Waals surface area contributed by atoms with Crippen LogP contribution in [0.5, 0.6) is 0 Å². The second-order valence-electron chi connectivity index (χ2n) is 5.13. The average molecular weight is 272 g/mol. The predicted molar refractivity (Wildman–Crippen MR) is 72.0 cm³/mol. The van der Waals surface area contributed by atoms with Crippen molar-refractivity contribution in [1.29, 1.82) is 0 Å². The third-order valence-corrected chi connectivity index (χ3v) is 3.47. The van der Waals surface area contributed by atoms with Crippen molar-refractivity contribution in [2.24, 2.45) is 5.41 Å². The van der Waals surface area contributed by atoms with E-state index in [9.17, 15) is 9.18 Å². The summed E-state index contributed by atoms with van der Waals surface area (Å²) in [6, 6.07) is 4.50. The number of carbonyl (C=O) groups excluding carboxylic acids is 1. The van der Waals surface area contributed by atoms with Gasteiger partial charge < -0.3 is 4.90 Å². The van der Waals surface area contributed by atoms with Crippen molar-refractivity contribution in [1.82, 2.24) is 4.90 Å². The van der Waals surface area contributed by atoms with Gasteiger partial charge >= 0.3 is 0 Å². The number of hydrogen-bond donors (Lipinski definition) is 0. The molecule has 0 fully saturated rings. The van der Waals surface area contributed by atoms with Gasteiger partial charge in [0, 0.05) is 29.6 Å². The highest BCUT2D eigenvalue weighted by molar-refractivity contribution is 6.30. The third kappa shape index (κ3) is 3.45. The van der Waals surface area contributed by atoms with Crippen molar-refractivity contribution in [3.05, 3.63) is 34.6 Å². The van der Waals surface area contributed by atoms with Crippen LogP contribution in [0.3, 0.4) is 0 Å². The number of hydrogen-bond acceptors (Lipinski definition) is 1. The van der Waals surface area contributed by atoms with Crippen LogP contribution in [0.2, 0.25) is 5.02 Å². The summed E-state index contributed by atoms with van der Waals surface area (Å²) < 4.78 is 13.6. The first-order chi connectivity index (χ1) is 8.27. The number of amides is 1. The van der Waals surface area contributed by atoms with Crippen molar-refractivity contribution >= 4 is 17.5 Å². The normalized spacial score (nSPS) is 11.4. The number of halogens is 2. The molecule has 0 aliphatic carbocycles. The number of carbonyl (C=O) groups is 1. The number of benzene rings is 1. The van der Waals surface area contributed by atoms with Crippen LogP contribution >= 0.6 is 11.6 Å². The molecule has 18 heavy (non-hydrogen) atoms. The van der Waals surface area contributed by atoms with E-state index in [2.05, 4.69) is 0 Å². The molecule has 0 spiro atoms. The molecule has 0 saturated carbocycles. The zero-order chi connectivity index (χ0) is 13.9. The van der Waals surface area contributed by atoms with Gasteiger partial charge in [-0.05, 0) is 18.6 Å². The standard InChI is InChI=1S/C14H19ClFNO/c1-5-14(2,3)13(18)17(4)9-10-6-7-11(15)8-12(10)16/h6-8H,5,9H2,1-4H3. The first-order valence-corrected chi connectivity index (χ1v) is 6.35. The summed E-state index contributed by atoms with van der Waals surface area (Å²) in [7, 11) is 1.69. The first kappa shape index (κ1) is 15.0. The minimum absolute atomic E-state index is 0.0133. The van der Waals surface area contributed by atoms with Crippen molar-refractivity contribution in [3.8, 4) is 0 Å². The van der Waals surface area contributed by atoms with Gasteiger partial charge in [0.1, 0.15) is 5.82 Å². The van der Waals surface area contributed by atoms with E-state index < -0.39 is 5.41 Å². The maximum atomic E-state index is 13.6. The lowest BCUT2D eigenvalue weighted by molar-refractivity contribution is -0.139. The summed E-state index contributed by atoms with van der Waals surface area (Å²) in [5.41, 5.74) is 0.0552. The first-order valence-electron chi connectivity index (χ1n) is 5.97. The smallest absolute Gasteiger partial charge is 0.228 e. The molecule has 0 aliphatic rings. The monoisotopic (exact) mass is 271 g/mol. The van der Waals surface area contributed by atoms with Crippen molar-refractivity contribution < 1.29 is 9.18 Å². The minimum atomic E-state index is -0.419. The van der Waals surface area contributed by atoms with Crippen molar-refractivity contribution in [3.63, 3.8) is 0 Å². The largest absolute Gasteiger partial charge is 0.341 e. The van der Waals surface area contributed by atoms with Crippen molar-refractivity contribution in [2.75, 3.05) is 7.05 Å². The topological polar surface area (TPSA) is 20.3 Å². The van der Waals surface area contributed by atoms with Crippen LogP contribution in [0.25, 0.3) is 0 Å². The van der Waals surface area contributed by atoms with Crippen LogP contribution in [0.1, 0.15) is 32.8 Å². The molecule has 1 rings (SSSR count). The summed E-state index contributed by atoms with van der Waals surface area (Å²) in [5, 5.41) is 0.360. The Labute approximate surface area is 113 Å². The van der Waals surface area contributed by atoms with Crippen molar-refractivity contribution in [2.45, 2.75) is 33.7 Å². The van der Waals surface area contributed by atoms with Gasteiger partial charge in [0.25, 0.3) is 0 Å². The van der Waals surface area contributed by atoms with Gasteiger partial charge in [-0.2, -0.15) is 0 Å². The lowest BCUT2D eigenvalue weighted by atomic mass is 9.88. The second-order valence-corrected chi connectivity index (χ2v) is 5.57. The summed E-state index contributed by atoms with van der Waals surface area (Å²) in [6.07, 6.45) is 0.749. The molecule has 0 heterocycles. The van der Waals surface area contributed by atoms with Gasteiger partial charge in [-0.15, -0.1) is 0 Å². The lowest BCUT2D eigenvalue weighted by Gasteiger charge is -2.28. The maximum Gasteiger partial charge on any atom is 0.228 e. The van der Waals surface area contributed by atoms with Crippen LogP contribution < -0.4 is 0 Å². The van der Waals surface area contributed by atoms with Gasteiger partial charge in [0.15, 0.2) is 0 Å². The summed E-state index contributed by atoms with van der Waals surface area (Å²) in [5.74, 6) is -0.365. The van der Waals surface area contributed by atoms with Crippen LogP contribution in [-0.2, 0) is 11.3 Å². The highest BCUT2D eigenvalue weighted by Crippen LogP contribution is 2.24. The molecule has 0 saturated heterocycles. The SMILES string of the molecule is CCC(C)(C)C(=O)N(C)Cc1ccc(Cl)cc1F. The summed E-state index contributed by atoms with van der Waals surface area (Å²) in [6.45, 7) is 6.01. The van der Waals surface area contributed by atoms with E-state index in [1.54, 1.807) is 24.1 Å². The lowest BCUT2D eigenvalue weighted by Crippen LogP contribution is -2.37. The molecule has 0 aliphatic heterocycles. The molecule has 1 aromatic carbocycles. The van der Waals surface area contributed by atoms with E-state index in [0.717, 1.165) is 6.42 Å². The quantitative estimate of drug-likeness (QED) is 0.814. The highest BCUT2D eigenvalue weighted by Gasteiger charge is 2.28. The molecule has 1 amide bonds. The Morgan fingerprint density at radius 1 is 1.44 bits per heavy atom. The Balaban J connectivity index is 2.82. The molecule has 100 valence electrons. The van der Waals surface area contributed by atoms with Crippen LogP contribution in [0, 0.1) is 11.2 Å². The van der Waals surface area contributed by atoms with Gasteiger partial charge in [0.2, 0.25) is 5.91 Å². The summed E-state index contributed by atoms with van der Waals surface area (Å²) >= 11 is 5.69. The molecule has 0 unspecified atom stereocenters. The molecule has 0 aromatic heterocycles. The Morgan fingerprint density at radius 2 is 2.06 bits per heavy atom. The fourth-order valence-corrected chi connectivity index (χ4v) is 1.80. The van der Waals surface area contributed by atoms with E-state index >= 15 is 0 Å². The van der Waals surface area contributed by atoms with E-state index in [4.69, 9.17) is 11.6 Å². The van der Waals surface area contributed by atoms with Crippen LogP contribution in [0.4, 0.5) is 4.39 Å². The molecule has 4 heteroatoms. The zero-order valence-corrected chi connectivity index (χ0v) is 12.0. The molecule has 0 radical (unpaired) electrons. The Bertz CT molecular complexity index is 445. The van der Waals surface area contributed by atoms with E-state index in [0.29, 0.717) is 10.6 Å². The molecule has 0 atom stereocenters. The van der Waals surface area contributed by atoms with E-state index in [1.165, 1.54) is 6.07 Å². The van der Waals surface area contributed by atoms with Gasteiger partial charge in [-0.25, -0.2) is 4.39 Å². The molecular formula is C14H19ClFNO. The molecule has 1 aromatic rings. The summed E-state index contributed by atoms with van der Waals surface area (Å²) in [4.78, 5) is 13.7. The van der Waals surface area contributed by atoms with Crippen LogP contribution in [0.15, 0.2) is 18.2 Å². The fourth-order valence-electron chi connectivity index (χ4n) is 1.65. The minimum Gasteiger partial charge on any atom is -0.341 e. The fraction of sp³-hybridized carbons (Fsp3) is 0.500. The van der Waals surface area contributed by atoms with Gasteiger partial charge in [-0.3, -0.25) is 4.79 Å². The van der Waals surface area contributed by atoms with Gasteiger partial charge in [0.05, 0.1) is 0 Å². The van der Waals surface area contributed by atoms with Gasteiger partial charge in [-0.1, -0.05) is 38.4 Å². The third-order valence-electron chi connectivity index (χ3n) is 3.23. The van der Waals surface area contributed by atoms with E-state index in [1.807, 2.05) is 20.8 Å². The molecular weight excluding hydrogens is 253 g/mol. The number of nitrogens with zero attached hydrogens (tertiary/aromatic N) is 1. The highest BCUT2D eigenvalue weighted by atomic mass is 35.5. The molecule has 0 bridgehead atoms.